The van der Waals surface area contributed by atoms with Crippen LogP contribution in [0.15, 0.2) is 85.6 Å². The maximum absolute atomic E-state index is 12.1. The Labute approximate surface area is 197 Å². The molecule has 2 N–H and O–H groups in total. The van der Waals surface area contributed by atoms with E-state index in [0.29, 0.717) is 12.2 Å². The summed E-state index contributed by atoms with van der Waals surface area (Å²) in [6, 6.07) is 21.0. The average Bonchev–Trinajstić information content (AvgIpc) is 3.31. The van der Waals surface area contributed by atoms with Gasteiger partial charge in [-0.15, -0.1) is 0 Å². The molecule has 0 aliphatic rings. The molecule has 34 heavy (non-hydrogen) atoms. The number of carboxylic acids is 1. The molecule has 0 atom stereocenters. The molecule has 0 radical (unpaired) electrons. The van der Waals surface area contributed by atoms with Crippen molar-refractivity contribution in [1.29, 1.82) is 0 Å². The molecule has 0 bridgehead atoms. The summed E-state index contributed by atoms with van der Waals surface area (Å²) in [7, 11) is 0. The first-order valence-electron chi connectivity index (χ1n) is 10.9. The van der Waals surface area contributed by atoms with Crippen molar-refractivity contribution in [3.05, 3.63) is 108 Å². The molecule has 4 aromatic rings. The highest BCUT2D eigenvalue weighted by molar-refractivity contribution is 6.02. The molecule has 0 aliphatic carbocycles. The number of esters is 1. The van der Waals surface area contributed by atoms with E-state index in [4.69, 9.17) is 9.84 Å². The van der Waals surface area contributed by atoms with E-state index < -0.39 is 11.9 Å². The lowest BCUT2D eigenvalue weighted by Gasteiger charge is -2.19. The Bertz CT molecular complexity index is 1400. The second kappa shape index (κ2) is 10.0. The van der Waals surface area contributed by atoms with Gasteiger partial charge in [0, 0.05) is 17.0 Å². The van der Waals surface area contributed by atoms with E-state index in [9.17, 15) is 9.59 Å². The van der Waals surface area contributed by atoms with Crippen LogP contribution in [0, 0.1) is 0 Å². The topological polar surface area (TPSA) is 92.3 Å². The Hall–Kier alpha value is -4.45. The van der Waals surface area contributed by atoms with Gasteiger partial charge in [0.15, 0.2) is 0 Å². The van der Waals surface area contributed by atoms with Crippen LogP contribution >= 0.6 is 0 Å². The summed E-state index contributed by atoms with van der Waals surface area (Å²) in [5.74, 6) is -0.970. The third-order valence-electron chi connectivity index (χ3n) is 5.58. The predicted octanol–water partition coefficient (Wildman–Crippen LogP) is 5.65. The van der Waals surface area contributed by atoms with Crippen molar-refractivity contribution in [2.75, 3.05) is 0 Å². The molecule has 4 rings (SSSR count). The summed E-state index contributed by atoms with van der Waals surface area (Å²) in [6.07, 6.45) is 3.57. The molecule has 3 aromatic carbocycles. The van der Waals surface area contributed by atoms with Crippen molar-refractivity contribution in [3.63, 3.8) is 0 Å². The third kappa shape index (κ3) is 4.81. The largest absolute Gasteiger partial charge is 0.481 e. The van der Waals surface area contributed by atoms with Crippen LogP contribution in [0.5, 0.6) is 5.75 Å². The molecule has 1 heterocycles. The standard InChI is InChI=1S/C28H24N2O4/c1-3-22(19-11-9-18(10-12-19)15-26(31)32)28(20-13-14-24-21(16-20)17-29-30-24)23-7-5-6-8-25(23)34-27(33)4-2/h4-14,16-17H,2-3,15H2,1H3,(H,29,30)(H,31,32)/b28-22+. The summed E-state index contributed by atoms with van der Waals surface area (Å²) < 4.78 is 5.59. The first-order chi connectivity index (χ1) is 16.5. The van der Waals surface area contributed by atoms with E-state index in [1.54, 1.807) is 12.3 Å². The van der Waals surface area contributed by atoms with Crippen LogP contribution in [0.3, 0.4) is 0 Å². The number of fused-ring (bicyclic) bond motifs is 1. The van der Waals surface area contributed by atoms with Gasteiger partial charge in [0.05, 0.1) is 18.1 Å². The minimum atomic E-state index is -0.869. The lowest BCUT2D eigenvalue weighted by Crippen LogP contribution is -2.06. The number of carbonyl (C=O) groups excluding carboxylic acids is 1. The second-order valence-electron chi connectivity index (χ2n) is 7.77. The Morgan fingerprint density at radius 3 is 2.50 bits per heavy atom. The molecule has 0 aliphatic heterocycles. The average molecular weight is 453 g/mol. The van der Waals surface area contributed by atoms with E-state index >= 15 is 0 Å². The van der Waals surface area contributed by atoms with Gasteiger partial charge in [0.2, 0.25) is 0 Å². The number of H-pyrrole nitrogens is 1. The highest BCUT2D eigenvalue weighted by Crippen LogP contribution is 2.39. The van der Waals surface area contributed by atoms with Gasteiger partial charge in [0.1, 0.15) is 5.75 Å². The second-order valence-corrected chi connectivity index (χ2v) is 7.77. The molecule has 0 fully saturated rings. The summed E-state index contributed by atoms with van der Waals surface area (Å²) in [6.45, 7) is 5.57. The maximum Gasteiger partial charge on any atom is 0.335 e. The summed E-state index contributed by atoms with van der Waals surface area (Å²) in [5.41, 5.74) is 6.29. The van der Waals surface area contributed by atoms with Crippen molar-refractivity contribution < 1.29 is 19.4 Å². The van der Waals surface area contributed by atoms with Gasteiger partial charge in [-0.05, 0) is 52.5 Å². The van der Waals surface area contributed by atoms with Crippen LogP contribution in [0.25, 0.3) is 22.0 Å². The van der Waals surface area contributed by atoms with Crippen molar-refractivity contribution >= 4 is 34.0 Å². The highest BCUT2D eigenvalue weighted by atomic mass is 16.5. The minimum absolute atomic E-state index is 0.0319. The molecule has 6 nitrogen and oxygen atoms in total. The third-order valence-corrected chi connectivity index (χ3v) is 5.58. The molecule has 0 amide bonds. The van der Waals surface area contributed by atoms with E-state index in [-0.39, 0.29) is 6.42 Å². The van der Waals surface area contributed by atoms with Crippen LogP contribution in [0.1, 0.15) is 35.6 Å². The molecule has 170 valence electrons. The maximum atomic E-state index is 12.1. The monoisotopic (exact) mass is 452 g/mol. The molecular formula is C28H24N2O4. The predicted molar refractivity (Wildman–Crippen MR) is 132 cm³/mol. The Morgan fingerprint density at radius 1 is 1.06 bits per heavy atom. The molecular weight excluding hydrogens is 428 g/mol. The van der Waals surface area contributed by atoms with E-state index in [2.05, 4.69) is 29.8 Å². The van der Waals surface area contributed by atoms with Crippen LogP contribution in [-0.4, -0.2) is 27.2 Å². The Balaban J connectivity index is 1.95. The zero-order valence-corrected chi connectivity index (χ0v) is 18.7. The van der Waals surface area contributed by atoms with E-state index in [0.717, 1.165) is 50.4 Å². The van der Waals surface area contributed by atoms with Gasteiger partial charge in [-0.25, -0.2) is 4.79 Å². The summed E-state index contributed by atoms with van der Waals surface area (Å²) >= 11 is 0. The molecule has 1 aromatic heterocycles. The fraction of sp³-hybridized carbons (Fsp3) is 0.107. The number of nitrogens with one attached hydrogen (secondary N) is 1. The number of ether oxygens (including phenoxy) is 1. The number of carboxylic acid groups (broad SMARTS) is 1. The smallest absolute Gasteiger partial charge is 0.335 e. The summed E-state index contributed by atoms with van der Waals surface area (Å²) in [4.78, 5) is 23.1. The van der Waals surface area contributed by atoms with Gasteiger partial charge >= 0.3 is 11.9 Å². The number of benzene rings is 3. The highest BCUT2D eigenvalue weighted by Gasteiger charge is 2.18. The van der Waals surface area contributed by atoms with Crippen LogP contribution in [0.4, 0.5) is 0 Å². The number of hydrogen-bond acceptors (Lipinski definition) is 4. The van der Waals surface area contributed by atoms with Gasteiger partial charge in [0.25, 0.3) is 0 Å². The van der Waals surface area contributed by atoms with Crippen molar-refractivity contribution in [1.82, 2.24) is 10.2 Å². The van der Waals surface area contributed by atoms with Crippen LogP contribution < -0.4 is 4.74 Å². The fourth-order valence-corrected chi connectivity index (χ4v) is 4.03. The lowest BCUT2D eigenvalue weighted by molar-refractivity contribution is -0.136. The number of rotatable bonds is 8. The van der Waals surface area contributed by atoms with E-state index in [1.165, 1.54) is 0 Å². The number of allylic oxidation sites excluding steroid dienone is 1. The Kier molecular flexibility index (Phi) is 6.69. The molecule has 0 unspecified atom stereocenters. The van der Waals surface area contributed by atoms with Gasteiger partial charge in [-0.3, -0.25) is 9.89 Å². The number of nitrogens with zero attached hydrogens (tertiary/aromatic N) is 1. The SMILES string of the molecule is C=CC(=O)Oc1ccccc1/C(=C(\CC)c1ccc(CC(=O)O)cc1)c1ccc2[nH]ncc2c1. The van der Waals surface area contributed by atoms with Gasteiger partial charge < -0.3 is 9.84 Å². The number of aromatic nitrogens is 2. The number of aromatic amines is 1. The first-order valence-corrected chi connectivity index (χ1v) is 10.9. The number of aliphatic carboxylic acids is 1. The van der Waals surface area contributed by atoms with Crippen molar-refractivity contribution in [2.45, 2.75) is 19.8 Å². The Morgan fingerprint density at radius 2 is 1.79 bits per heavy atom. The first kappa shape index (κ1) is 22.7. The number of carbonyl (C=O) groups is 2. The zero-order valence-electron chi connectivity index (χ0n) is 18.7. The molecule has 0 saturated heterocycles. The normalized spacial score (nSPS) is 11.7. The summed E-state index contributed by atoms with van der Waals surface area (Å²) in [5, 5.41) is 17.2. The van der Waals surface area contributed by atoms with Crippen molar-refractivity contribution in [3.8, 4) is 5.75 Å². The van der Waals surface area contributed by atoms with Gasteiger partial charge in [-0.2, -0.15) is 5.10 Å². The molecule has 0 saturated carbocycles. The minimum Gasteiger partial charge on any atom is -0.481 e. The molecule has 6 heteroatoms. The quantitative estimate of drug-likeness (QED) is 0.156. The van der Waals surface area contributed by atoms with Gasteiger partial charge in [-0.1, -0.05) is 62.0 Å². The zero-order chi connectivity index (χ0) is 24.1. The van der Waals surface area contributed by atoms with Crippen LogP contribution in [-0.2, 0) is 16.0 Å². The molecule has 0 spiro atoms. The number of para-hydroxylation sites is 1. The van der Waals surface area contributed by atoms with E-state index in [1.807, 2.05) is 54.6 Å². The lowest BCUT2D eigenvalue weighted by atomic mass is 9.87. The van der Waals surface area contributed by atoms with Crippen molar-refractivity contribution in [2.24, 2.45) is 0 Å². The number of hydrogen-bond donors (Lipinski definition) is 2. The fourth-order valence-electron chi connectivity index (χ4n) is 4.03. The van der Waals surface area contributed by atoms with Crippen LogP contribution in [0.2, 0.25) is 0 Å².